The summed E-state index contributed by atoms with van der Waals surface area (Å²) >= 11 is 0. The fourth-order valence-electron chi connectivity index (χ4n) is 1.94. The molecule has 1 atom stereocenters. The van der Waals surface area contributed by atoms with E-state index in [0.29, 0.717) is 5.92 Å². The molecule has 0 spiro atoms. The Morgan fingerprint density at radius 3 is 2.53 bits per heavy atom. The first kappa shape index (κ1) is 12.2. The molecule has 0 bridgehead atoms. The number of rotatable bonds is 5. The van der Waals surface area contributed by atoms with Crippen LogP contribution in [0.1, 0.15) is 45.6 Å². The summed E-state index contributed by atoms with van der Waals surface area (Å²) in [6.45, 7) is 6.23. The lowest BCUT2D eigenvalue weighted by Crippen LogP contribution is -2.24. The van der Waals surface area contributed by atoms with Crippen LogP contribution in [0.4, 0.5) is 0 Å². The molecule has 0 saturated heterocycles. The summed E-state index contributed by atoms with van der Waals surface area (Å²) < 4.78 is 0. The average molecular weight is 207 g/mol. The molecule has 0 amide bonds. The second kappa shape index (κ2) is 5.26. The summed E-state index contributed by atoms with van der Waals surface area (Å²) in [5.41, 5.74) is 0.169. The van der Waals surface area contributed by atoms with Crippen molar-refractivity contribution in [1.29, 1.82) is 0 Å². The average Bonchev–Trinajstić information content (AvgIpc) is 2.27. The highest BCUT2D eigenvalue weighted by Crippen LogP contribution is 2.30. The molecular formula is C13H21NO. The van der Waals surface area contributed by atoms with Crippen molar-refractivity contribution in [3.05, 3.63) is 30.1 Å². The van der Waals surface area contributed by atoms with Gasteiger partial charge in [0.05, 0.1) is 5.60 Å². The molecule has 1 N–H and O–H groups in total. The third-order valence-electron chi connectivity index (χ3n) is 3.12. The van der Waals surface area contributed by atoms with Crippen LogP contribution < -0.4 is 0 Å². The van der Waals surface area contributed by atoms with E-state index in [1.807, 2.05) is 19.1 Å². The maximum atomic E-state index is 10.4. The number of nitrogens with zero attached hydrogens (tertiary/aromatic N) is 1. The second-order valence-corrected chi connectivity index (χ2v) is 4.40. The molecule has 1 heterocycles. The van der Waals surface area contributed by atoms with Gasteiger partial charge in [-0.15, -0.1) is 0 Å². The van der Waals surface area contributed by atoms with Gasteiger partial charge in [0, 0.05) is 18.0 Å². The monoisotopic (exact) mass is 207 g/mol. The molecule has 1 aromatic heterocycles. The predicted molar refractivity (Wildman–Crippen MR) is 62.5 cm³/mol. The van der Waals surface area contributed by atoms with Gasteiger partial charge in [-0.2, -0.15) is 0 Å². The van der Waals surface area contributed by atoms with Crippen LogP contribution in [0.3, 0.4) is 0 Å². The van der Waals surface area contributed by atoms with Gasteiger partial charge < -0.3 is 5.11 Å². The van der Waals surface area contributed by atoms with Gasteiger partial charge in [-0.05, 0) is 25.3 Å². The second-order valence-electron chi connectivity index (χ2n) is 4.40. The molecular weight excluding hydrogens is 186 g/mol. The van der Waals surface area contributed by atoms with Crippen LogP contribution >= 0.6 is 0 Å². The third kappa shape index (κ3) is 3.31. The van der Waals surface area contributed by atoms with E-state index in [2.05, 4.69) is 18.8 Å². The maximum absolute atomic E-state index is 10.4. The van der Waals surface area contributed by atoms with Crippen LogP contribution in [0, 0.1) is 5.92 Å². The lowest BCUT2D eigenvalue weighted by molar-refractivity contribution is 0.0282. The highest BCUT2D eigenvalue weighted by molar-refractivity contribution is 5.16. The minimum Gasteiger partial charge on any atom is -0.385 e. The number of aliphatic hydroxyl groups is 1. The molecule has 0 aliphatic heterocycles. The molecule has 2 nitrogen and oxygen atoms in total. The van der Waals surface area contributed by atoms with E-state index < -0.39 is 5.60 Å². The summed E-state index contributed by atoms with van der Waals surface area (Å²) in [5, 5.41) is 10.4. The Morgan fingerprint density at radius 2 is 2.07 bits per heavy atom. The third-order valence-corrected chi connectivity index (χ3v) is 3.12. The largest absolute Gasteiger partial charge is 0.385 e. The van der Waals surface area contributed by atoms with Crippen molar-refractivity contribution in [3.63, 3.8) is 0 Å². The summed E-state index contributed by atoms with van der Waals surface area (Å²) in [7, 11) is 0. The van der Waals surface area contributed by atoms with E-state index in [4.69, 9.17) is 0 Å². The lowest BCUT2D eigenvalue weighted by Gasteiger charge is -2.27. The smallest absolute Gasteiger partial charge is 0.0886 e. The van der Waals surface area contributed by atoms with Crippen LogP contribution in [0.25, 0.3) is 0 Å². The summed E-state index contributed by atoms with van der Waals surface area (Å²) in [4.78, 5) is 4.05. The first-order chi connectivity index (χ1) is 7.10. The van der Waals surface area contributed by atoms with Gasteiger partial charge in [0.25, 0.3) is 0 Å². The van der Waals surface area contributed by atoms with Crippen LogP contribution in [-0.4, -0.2) is 10.1 Å². The molecule has 1 unspecified atom stereocenters. The zero-order chi connectivity index (χ0) is 11.3. The number of pyridine rings is 1. The molecule has 0 fully saturated rings. The van der Waals surface area contributed by atoms with Crippen molar-refractivity contribution in [2.75, 3.05) is 0 Å². The minimum atomic E-state index is -0.745. The van der Waals surface area contributed by atoms with Crippen molar-refractivity contribution in [3.8, 4) is 0 Å². The molecule has 0 saturated carbocycles. The number of hydrogen-bond acceptors (Lipinski definition) is 2. The molecule has 2 heteroatoms. The van der Waals surface area contributed by atoms with Crippen molar-refractivity contribution in [2.45, 2.75) is 45.6 Å². The maximum Gasteiger partial charge on any atom is 0.0886 e. The standard InChI is InChI=1S/C13H21NO/c1-4-11(5-2)9-13(3,15)12-7-6-8-14-10-12/h6-8,10-11,15H,4-5,9H2,1-3H3. The molecule has 0 aromatic carbocycles. The van der Waals surface area contributed by atoms with Crippen LogP contribution in [-0.2, 0) is 5.60 Å². The summed E-state index contributed by atoms with van der Waals surface area (Å²) in [5.74, 6) is 0.584. The Kier molecular flexibility index (Phi) is 4.28. The Balaban J connectivity index is 2.74. The Morgan fingerprint density at radius 1 is 1.40 bits per heavy atom. The van der Waals surface area contributed by atoms with Crippen molar-refractivity contribution >= 4 is 0 Å². The van der Waals surface area contributed by atoms with Gasteiger partial charge in [0.2, 0.25) is 0 Å². The summed E-state index contributed by atoms with van der Waals surface area (Å²) in [6, 6.07) is 3.81. The minimum absolute atomic E-state index is 0.584. The molecule has 0 radical (unpaired) electrons. The molecule has 84 valence electrons. The molecule has 0 aliphatic rings. The van der Waals surface area contributed by atoms with E-state index in [0.717, 1.165) is 24.8 Å². The van der Waals surface area contributed by atoms with Crippen molar-refractivity contribution < 1.29 is 5.11 Å². The van der Waals surface area contributed by atoms with Crippen LogP contribution in [0.15, 0.2) is 24.5 Å². The van der Waals surface area contributed by atoms with E-state index in [-0.39, 0.29) is 0 Å². The van der Waals surface area contributed by atoms with E-state index in [1.165, 1.54) is 0 Å². The highest BCUT2D eigenvalue weighted by Gasteiger charge is 2.26. The lowest BCUT2D eigenvalue weighted by atomic mass is 9.84. The SMILES string of the molecule is CCC(CC)CC(C)(O)c1cccnc1. The van der Waals surface area contributed by atoms with Gasteiger partial charge in [0.1, 0.15) is 0 Å². The Labute approximate surface area is 92.4 Å². The van der Waals surface area contributed by atoms with Crippen molar-refractivity contribution in [1.82, 2.24) is 4.98 Å². The normalized spacial score (nSPS) is 15.3. The first-order valence-electron chi connectivity index (χ1n) is 5.73. The van der Waals surface area contributed by atoms with Crippen molar-refractivity contribution in [2.24, 2.45) is 5.92 Å². The fourth-order valence-corrected chi connectivity index (χ4v) is 1.94. The van der Waals surface area contributed by atoms with Crippen LogP contribution in [0.5, 0.6) is 0 Å². The molecule has 1 rings (SSSR count). The quantitative estimate of drug-likeness (QED) is 0.804. The van der Waals surface area contributed by atoms with E-state index in [1.54, 1.807) is 12.4 Å². The van der Waals surface area contributed by atoms with E-state index >= 15 is 0 Å². The Hall–Kier alpha value is -0.890. The number of aromatic nitrogens is 1. The van der Waals surface area contributed by atoms with E-state index in [9.17, 15) is 5.11 Å². The Bertz CT molecular complexity index is 278. The van der Waals surface area contributed by atoms with Crippen LogP contribution in [0.2, 0.25) is 0 Å². The molecule has 1 aromatic rings. The predicted octanol–water partition coefficient (Wildman–Crippen LogP) is 3.12. The first-order valence-corrected chi connectivity index (χ1v) is 5.73. The molecule has 0 aliphatic carbocycles. The fraction of sp³-hybridized carbons (Fsp3) is 0.615. The topological polar surface area (TPSA) is 33.1 Å². The zero-order valence-electron chi connectivity index (χ0n) is 9.90. The van der Waals surface area contributed by atoms with Gasteiger partial charge in [-0.3, -0.25) is 4.98 Å². The summed E-state index contributed by atoms with van der Waals surface area (Å²) in [6.07, 6.45) is 6.53. The van der Waals surface area contributed by atoms with Gasteiger partial charge in [-0.1, -0.05) is 32.8 Å². The highest BCUT2D eigenvalue weighted by atomic mass is 16.3. The van der Waals surface area contributed by atoms with Gasteiger partial charge in [0.15, 0.2) is 0 Å². The van der Waals surface area contributed by atoms with Gasteiger partial charge >= 0.3 is 0 Å². The van der Waals surface area contributed by atoms with Gasteiger partial charge in [-0.25, -0.2) is 0 Å². The molecule has 15 heavy (non-hydrogen) atoms. The number of hydrogen-bond donors (Lipinski definition) is 1. The zero-order valence-corrected chi connectivity index (χ0v) is 9.90.